The summed E-state index contributed by atoms with van der Waals surface area (Å²) in [4.78, 5) is 29.2. The summed E-state index contributed by atoms with van der Waals surface area (Å²) in [6.45, 7) is 2.41. The molecule has 0 radical (unpaired) electrons. The number of carbonyl (C=O) groups excluding carboxylic acids is 2. The summed E-state index contributed by atoms with van der Waals surface area (Å²) >= 11 is 6.18. The second-order valence-electron chi connectivity index (χ2n) is 9.51. The molecule has 182 valence electrons. The van der Waals surface area contributed by atoms with E-state index in [1.807, 2.05) is 73.7 Å². The van der Waals surface area contributed by atoms with E-state index in [4.69, 9.17) is 11.6 Å². The maximum absolute atomic E-state index is 13.8. The van der Waals surface area contributed by atoms with Gasteiger partial charge in [0.25, 0.3) is 0 Å². The number of hydrogen-bond donors (Lipinski definition) is 1. The van der Waals surface area contributed by atoms with Crippen LogP contribution in [0.1, 0.15) is 47.9 Å². The van der Waals surface area contributed by atoms with Gasteiger partial charge in [-0.25, -0.2) is 0 Å². The highest BCUT2D eigenvalue weighted by Gasteiger charge is 2.32. The molecule has 35 heavy (non-hydrogen) atoms. The minimum Gasteiger partial charge on any atom is -0.352 e. The first-order valence-electron chi connectivity index (χ1n) is 12.4. The van der Waals surface area contributed by atoms with Crippen LogP contribution in [0.4, 0.5) is 0 Å². The Hall–Kier alpha value is -3.11. The van der Waals surface area contributed by atoms with Crippen molar-refractivity contribution >= 4 is 23.4 Å². The van der Waals surface area contributed by atoms with E-state index in [1.165, 1.54) is 0 Å². The third-order valence-electron chi connectivity index (χ3n) is 6.65. The summed E-state index contributed by atoms with van der Waals surface area (Å²) in [7, 11) is 0. The van der Waals surface area contributed by atoms with Crippen molar-refractivity contribution in [2.45, 2.75) is 64.1 Å². The first-order chi connectivity index (χ1) is 17.0. The first-order valence-corrected chi connectivity index (χ1v) is 12.8. The van der Waals surface area contributed by atoms with Gasteiger partial charge in [-0.3, -0.25) is 9.59 Å². The lowest BCUT2D eigenvalue weighted by atomic mass is 10.0. The molecular weight excluding hydrogens is 456 g/mol. The molecule has 0 bridgehead atoms. The normalized spacial score (nSPS) is 14.5. The van der Waals surface area contributed by atoms with Crippen molar-refractivity contribution in [3.05, 3.63) is 106 Å². The van der Waals surface area contributed by atoms with Gasteiger partial charge in [-0.1, -0.05) is 96.7 Å². The highest BCUT2D eigenvalue weighted by molar-refractivity contribution is 6.30. The van der Waals surface area contributed by atoms with Crippen LogP contribution in [0.3, 0.4) is 0 Å². The lowest BCUT2D eigenvalue weighted by molar-refractivity contribution is -0.141. The maximum Gasteiger partial charge on any atom is 0.243 e. The third kappa shape index (κ3) is 7.19. The molecule has 3 aromatic rings. The Morgan fingerprint density at radius 2 is 1.60 bits per heavy atom. The largest absolute Gasteiger partial charge is 0.352 e. The number of aryl methyl sites for hydroxylation is 1. The third-order valence-corrected chi connectivity index (χ3v) is 6.89. The average molecular weight is 489 g/mol. The van der Waals surface area contributed by atoms with E-state index in [9.17, 15) is 9.59 Å². The molecule has 0 aliphatic heterocycles. The predicted molar refractivity (Wildman–Crippen MR) is 141 cm³/mol. The van der Waals surface area contributed by atoms with E-state index in [0.29, 0.717) is 18.0 Å². The second kappa shape index (κ2) is 12.0. The van der Waals surface area contributed by atoms with Gasteiger partial charge >= 0.3 is 0 Å². The van der Waals surface area contributed by atoms with Gasteiger partial charge in [-0.2, -0.15) is 0 Å². The van der Waals surface area contributed by atoms with E-state index in [1.54, 1.807) is 11.0 Å². The molecule has 4 rings (SSSR count). The van der Waals surface area contributed by atoms with Gasteiger partial charge in [-0.05, 0) is 48.6 Å². The van der Waals surface area contributed by atoms with E-state index in [2.05, 4.69) is 11.4 Å². The summed E-state index contributed by atoms with van der Waals surface area (Å²) in [5, 5.41) is 3.85. The Bertz CT molecular complexity index is 1140. The highest BCUT2D eigenvalue weighted by atomic mass is 35.5. The molecular formula is C30H33ClN2O2. The lowest BCUT2D eigenvalue weighted by Gasteiger charge is -2.32. The monoisotopic (exact) mass is 488 g/mol. The molecule has 5 heteroatoms. The molecule has 0 spiro atoms. The number of carbonyl (C=O) groups is 2. The Labute approximate surface area is 213 Å². The molecule has 3 aromatic carbocycles. The van der Waals surface area contributed by atoms with Gasteiger partial charge in [0.05, 0.1) is 6.42 Å². The van der Waals surface area contributed by atoms with Gasteiger partial charge < -0.3 is 10.2 Å². The molecule has 1 aliphatic rings. The zero-order valence-corrected chi connectivity index (χ0v) is 21.0. The van der Waals surface area contributed by atoms with Crippen molar-refractivity contribution in [2.75, 3.05) is 0 Å². The molecule has 4 nitrogen and oxygen atoms in total. The van der Waals surface area contributed by atoms with Gasteiger partial charge in [-0.15, -0.1) is 0 Å². The number of halogens is 1. The van der Waals surface area contributed by atoms with Crippen molar-refractivity contribution in [1.82, 2.24) is 10.2 Å². The number of benzene rings is 3. The van der Waals surface area contributed by atoms with Gasteiger partial charge in [0, 0.05) is 24.0 Å². The SMILES string of the molecule is Cc1cccc(CN(C(=O)Cc2cccc(Cl)c2)[C@@H](Cc2ccccc2)C(=O)NC2CCCC2)c1. The Balaban J connectivity index is 1.66. The number of nitrogens with zero attached hydrogens (tertiary/aromatic N) is 1. The molecule has 1 fully saturated rings. The van der Waals surface area contributed by atoms with E-state index < -0.39 is 6.04 Å². The number of nitrogens with one attached hydrogen (secondary N) is 1. The second-order valence-corrected chi connectivity index (χ2v) is 9.95. The van der Waals surface area contributed by atoms with Crippen LogP contribution in [-0.4, -0.2) is 28.8 Å². The fraction of sp³-hybridized carbons (Fsp3) is 0.333. The molecule has 1 N–H and O–H groups in total. The summed E-state index contributed by atoms with van der Waals surface area (Å²) in [6.07, 6.45) is 4.92. The van der Waals surface area contributed by atoms with Crippen LogP contribution in [0.2, 0.25) is 5.02 Å². The first kappa shape index (κ1) is 25.0. The predicted octanol–water partition coefficient (Wildman–Crippen LogP) is 5.89. The zero-order chi connectivity index (χ0) is 24.6. The van der Waals surface area contributed by atoms with E-state index in [0.717, 1.165) is 47.9 Å². The van der Waals surface area contributed by atoms with Crippen molar-refractivity contribution < 1.29 is 9.59 Å². The van der Waals surface area contributed by atoms with Crippen LogP contribution in [0, 0.1) is 6.92 Å². The summed E-state index contributed by atoms with van der Waals surface area (Å²) in [5.74, 6) is -0.163. The van der Waals surface area contributed by atoms with Gasteiger partial charge in [0.1, 0.15) is 6.04 Å². The minimum atomic E-state index is -0.606. The zero-order valence-electron chi connectivity index (χ0n) is 20.3. The summed E-state index contributed by atoms with van der Waals surface area (Å²) in [5.41, 5.74) is 4.01. The lowest BCUT2D eigenvalue weighted by Crippen LogP contribution is -2.52. The number of rotatable bonds is 9. The van der Waals surface area contributed by atoms with Crippen LogP contribution >= 0.6 is 11.6 Å². The maximum atomic E-state index is 13.8. The molecule has 1 saturated carbocycles. The van der Waals surface area contributed by atoms with Gasteiger partial charge in [0.2, 0.25) is 11.8 Å². The fourth-order valence-corrected chi connectivity index (χ4v) is 5.06. The fourth-order valence-electron chi connectivity index (χ4n) is 4.85. The van der Waals surface area contributed by atoms with Crippen molar-refractivity contribution in [3.63, 3.8) is 0 Å². The molecule has 0 saturated heterocycles. The van der Waals surface area contributed by atoms with Crippen LogP contribution in [0.5, 0.6) is 0 Å². The number of amides is 2. The van der Waals surface area contributed by atoms with Crippen LogP contribution in [0.25, 0.3) is 0 Å². The van der Waals surface area contributed by atoms with Gasteiger partial charge in [0.15, 0.2) is 0 Å². The molecule has 1 aliphatic carbocycles. The smallest absolute Gasteiger partial charge is 0.243 e. The van der Waals surface area contributed by atoms with Crippen molar-refractivity contribution in [3.8, 4) is 0 Å². The summed E-state index contributed by atoms with van der Waals surface area (Å²) < 4.78 is 0. The topological polar surface area (TPSA) is 49.4 Å². The molecule has 0 unspecified atom stereocenters. The molecule has 0 aromatic heterocycles. The van der Waals surface area contributed by atoms with Crippen LogP contribution < -0.4 is 5.32 Å². The standard InChI is InChI=1S/C30H33ClN2O2/c1-22-9-7-13-25(17-22)21-33(29(34)20-24-12-8-14-26(31)18-24)28(19-23-10-3-2-4-11-23)30(35)32-27-15-5-6-16-27/h2-4,7-14,17-18,27-28H,5-6,15-16,19-21H2,1H3,(H,32,35)/t28-/m0/s1. The summed E-state index contributed by atoms with van der Waals surface area (Å²) in [6, 6.07) is 25.0. The molecule has 2 amide bonds. The van der Waals surface area contributed by atoms with Crippen LogP contribution in [0.15, 0.2) is 78.9 Å². The van der Waals surface area contributed by atoms with E-state index >= 15 is 0 Å². The van der Waals surface area contributed by atoms with Crippen molar-refractivity contribution in [2.24, 2.45) is 0 Å². The minimum absolute atomic E-state index is 0.0761. The molecule has 1 atom stereocenters. The van der Waals surface area contributed by atoms with Crippen molar-refractivity contribution in [1.29, 1.82) is 0 Å². The highest BCUT2D eigenvalue weighted by Crippen LogP contribution is 2.21. The quantitative estimate of drug-likeness (QED) is 0.408. The Morgan fingerprint density at radius 1 is 0.914 bits per heavy atom. The Morgan fingerprint density at radius 3 is 2.31 bits per heavy atom. The number of hydrogen-bond acceptors (Lipinski definition) is 2. The van der Waals surface area contributed by atoms with Crippen LogP contribution in [-0.2, 0) is 29.0 Å². The average Bonchev–Trinajstić information content (AvgIpc) is 3.35. The van der Waals surface area contributed by atoms with E-state index in [-0.39, 0.29) is 24.3 Å². The molecule has 0 heterocycles. The Kier molecular flexibility index (Phi) is 8.59.